The van der Waals surface area contributed by atoms with E-state index in [1.807, 2.05) is 6.20 Å². The van der Waals surface area contributed by atoms with Crippen molar-refractivity contribution < 1.29 is 0 Å². The van der Waals surface area contributed by atoms with Crippen LogP contribution in [0.15, 0.2) is 12.3 Å². The molecule has 0 spiro atoms. The number of nitrogens with two attached hydrogens (primary N) is 1. The number of aromatic nitrogens is 2. The van der Waals surface area contributed by atoms with Crippen molar-refractivity contribution in [1.82, 2.24) is 10.2 Å². The van der Waals surface area contributed by atoms with E-state index in [0.717, 1.165) is 43.0 Å². The number of hydrogen-bond donors (Lipinski definition) is 2. The molecule has 1 heterocycles. The smallest absolute Gasteiger partial charge is 0.148 e. The minimum Gasteiger partial charge on any atom is -0.368 e. The van der Waals surface area contributed by atoms with Crippen LogP contribution in [0.3, 0.4) is 0 Å². The van der Waals surface area contributed by atoms with Gasteiger partial charge in [0.15, 0.2) is 0 Å². The molecule has 0 radical (unpaired) electrons. The fraction of sp³-hybridized carbons (Fsp3) is 0.765. The van der Waals surface area contributed by atoms with Crippen LogP contribution in [0.1, 0.15) is 56.4 Å². The van der Waals surface area contributed by atoms with Crippen molar-refractivity contribution in [3.63, 3.8) is 0 Å². The zero-order valence-electron chi connectivity index (χ0n) is 12.7. The van der Waals surface area contributed by atoms with Gasteiger partial charge >= 0.3 is 0 Å². The van der Waals surface area contributed by atoms with E-state index in [9.17, 15) is 0 Å². The Morgan fingerprint density at radius 3 is 2.81 bits per heavy atom. The van der Waals surface area contributed by atoms with E-state index >= 15 is 0 Å². The van der Waals surface area contributed by atoms with Crippen LogP contribution < -0.4 is 11.1 Å². The van der Waals surface area contributed by atoms with Gasteiger partial charge in [-0.15, -0.1) is 5.10 Å². The van der Waals surface area contributed by atoms with Gasteiger partial charge in [0.2, 0.25) is 0 Å². The lowest BCUT2D eigenvalue weighted by molar-refractivity contribution is 0.348. The van der Waals surface area contributed by atoms with Gasteiger partial charge in [-0.25, -0.2) is 0 Å². The molecule has 4 rings (SSSR count). The summed E-state index contributed by atoms with van der Waals surface area (Å²) in [5, 5.41) is 12.0. The van der Waals surface area contributed by atoms with E-state index in [-0.39, 0.29) is 0 Å². The lowest BCUT2D eigenvalue weighted by Crippen LogP contribution is -2.20. The van der Waals surface area contributed by atoms with Crippen LogP contribution in [0.5, 0.6) is 0 Å². The molecule has 3 fully saturated rings. The molecular weight excluding hydrogens is 260 g/mol. The van der Waals surface area contributed by atoms with Crippen molar-refractivity contribution in [1.29, 1.82) is 0 Å². The van der Waals surface area contributed by atoms with Gasteiger partial charge in [0.05, 0.1) is 6.20 Å². The molecule has 21 heavy (non-hydrogen) atoms. The molecule has 4 unspecified atom stereocenters. The molecule has 2 bridgehead atoms. The largest absolute Gasteiger partial charge is 0.368 e. The van der Waals surface area contributed by atoms with Gasteiger partial charge in [-0.05, 0) is 73.8 Å². The number of nitrogens with zero attached hydrogens (tertiary/aromatic N) is 2. The quantitative estimate of drug-likeness (QED) is 0.893. The van der Waals surface area contributed by atoms with Gasteiger partial charge in [-0.1, -0.05) is 6.42 Å². The summed E-state index contributed by atoms with van der Waals surface area (Å²) in [6, 6.07) is 2.57. The highest BCUT2D eigenvalue weighted by Crippen LogP contribution is 2.48. The summed E-state index contributed by atoms with van der Waals surface area (Å²) >= 11 is 0. The molecule has 3 aliphatic rings. The normalized spacial score (nSPS) is 38.0. The van der Waals surface area contributed by atoms with Crippen LogP contribution in [0.4, 0.5) is 5.82 Å². The second-order valence-corrected chi connectivity index (χ2v) is 7.46. The molecular formula is C17H26N4. The monoisotopic (exact) mass is 286 g/mol. The van der Waals surface area contributed by atoms with Crippen molar-refractivity contribution in [3.8, 4) is 0 Å². The summed E-state index contributed by atoms with van der Waals surface area (Å²) in [5.74, 6) is 4.37. The lowest BCUT2D eigenvalue weighted by atomic mass is 9.89. The molecule has 1 aromatic rings. The van der Waals surface area contributed by atoms with Crippen LogP contribution in [0.25, 0.3) is 0 Å². The van der Waals surface area contributed by atoms with Crippen LogP contribution in [-0.4, -0.2) is 22.8 Å². The standard InChI is InChI=1S/C17H26N4/c18-16-4-3-13(7-16)15-8-17(21-20-10-15)19-9-14-6-11-1-2-12(14)5-11/h8,10-14,16H,1-7,9,18H2,(H,19,21)/t11?,12?,13?,14?,16-/m1/s1. The SMILES string of the molecule is N[C@@H]1CCC(c2cnnc(NCC3CC4CCC3C4)c2)C1. The predicted molar refractivity (Wildman–Crippen MR) is 84.0 cm³/mol. The highest BCUT2D eigenvalue weighted by Gasteiger charge is 2.39. The van der Waals surface area contributed by atoms with Crippen molar-refractivity contribution in [2.45, 2.75) is 56.9 Å². The minimum atomic E-state index is 0.369. The molecule has 0 aromatic carbocycles. The molecule has 4 nitrogen and oxygen atoms in total. The van der Waals surface area contributed by atoms with Crippen LogP contribution in [0, 0.1) is 17.8 Å². The molecule has 114 valence electrons. The van der Waals surface area contributed by atoms with E-state index in [4.69, 9.17) is 5.73 Å². The molecule has 4 heteroatoms. The fourth-order valence-corrected chi connectivity index (χ4v) is 4.87. The maximum Gasteiger partial charge on any atom is 0.148 e. The van der Waals surface area contributed by atoms with Gasteiger partial charge in [-0.3, -0.25) is 0 Å². The lowest BCUT2D eigenvalue weighted by Gasteiger charge is -2.22. The number of hydrogen-bond acceptors (Lipinski definition) is 4. The van der Waals surface area contributed by atoms with Gasteiger partial charge in [-0.2, -0.15) is 5.10 Å². The molecule has 0 amide bonds. The van der Waals surface area contributed by atoms with Crippen molar-refractivity contribution in [2.24, 2.45) is 23.5 Å². The van der Waals surface area contributed by atoms with E-state index in [0.29, 0.717) is 12.0 Å². The summed E-state index contributed by atoms with van der Waals surface area (Å²) in [6.07, 6.45) is 11.2. The minimum absolute atomic E-state index is 0.369. The fourth-order valence-electron chi connectivity index (χ4n) is 4.87. The first-order valence-corrected chi connectivity index (χ1v) is 8.60. The van der Waals surface area contributed by atoms with Crippen LogP contribution in [0.2, 0.25) is 0 Å². The Hall–Kier alpha value is -1.16. The van der Waals surface area contributed by atoms with E-state index in [2.05, 4.69) is 21.6 Å². The van der Waals surface area contributed by atoms with Gasteiger partial charge < -0.3 is 11.1 Å². The maximum absolute atomic E-state index is 6.02. The number of anilines is 1. The summed E-state index contributed by atoms with van der Waals surface area (Å²) < 4.78 is 0. The molecule has 3 N–H and O–H groups in total. The van der Waals surface area contributed by atoms with Crippen LogP contribution in [-0.2, 0) is 0 Å². The zero-order chi connectivity index (χ0) is 14.2. The molecule has 0 saturated heterocycles. The Kier molecular flexibility index (Phi) is 3.57. The number of nitrogens with one attached hydrogen (secondary N) is 1. The maximum atomic E-state index is 6.02. The Morgan fingerprint density at radius 1 is 1.14 bits per heavy atom. The Balaban J connectivity index is 1.37. The first-order chi connectivity index (χ1) is 10.3. The Labute approximate surface area is 126 Å². The van der Waals surface area contributed by atoms with Crippen molar-refractivity contribution in [3.05, 3.63) is 17.8 Å². The Bertz CT molecular complexity index is 503. The number of fused-ring (bicyclic) bond motifs is 2. The summed E-state index contributed by atoms with van der Waals surface area (Å²) in [4.78, 5) is 0. The average Bonchev–Trinajstić information content (AvgIpc) is 3.21. The van der Waals surface area contributed by atoms with E-state index < -0.39 is 0 Å². The Morgan fingerprint density at radius 2 is 2.10 bits per heavy atom. The molecule has 1 aromatic heterocycles. The van der Waals surface area contributed by atoms with Crippen molar-refractivity contribution in [2.75, 3.05) is 11.9 Å². The number of rotatable bonds is 4. The first-order valence-electron chi connectivity index (χ1n) is 8.60. The van der Waals surface area contributed by atoms with Gasteiger partial charge in [0, 0.05) is 12.6 Å². The molecule has 5 atom stereocenters. The summed E-state index contributed by atoms with van der Waals surface area (Å²) in [6.45, 7) is 1.07. The van der Waals surface area contributed by atoms with E-state index in [1.165, 1.54) is 37.7 Å². The third-order valence-electron chi connectivity index (χ3n) is 6.05. The third kappa shape index (κ3) is 2.78. The van der Waals surface area contributed by atoms with Gasteiger partial charge in [0.25, 0.3) is 0 Å². The average molecular weight is 286 g/mol. The second-order valence-electron chi connectivity index (χ2n) is 7.46. The van der Waals surface area contributed by atoms with Crippen LogP contribution >= 0.6 is 0 Å². The first kappa shape index (κ1) is 13.5. The third-order valence-corrected chi connectivity index (χ3v) is 6.05. The summed E-state index contributed by atoms with van der Waals surface area (Å²) in [7, 11) is 0. The van der Waals surface area contributed by atoms with Crippen molar-refractivity contribution >= 4 is 5.82 Å². The van der Waals surface area contributed by atoms with E-state index in [1.54, 1.807) is 0 Å². The second kappa shape index (κ2) is 5.56. The zero-order valence-corrected chi connectivity index (χ0v) is 12.7. The predicted octanol–water partition coefficient (Wildman–Crippen LogP) is 2.92. The highest BCUT2D eigenvalue weighted by atomic mass is 15.2. The molecule has 3 saturated carbocycles. The topological polar surface area (TPSA) is 63.8 Å². The highest BCUT2D eigenvalue weighted by molar-refractivity contribution is 5.37. The molecule has 3 aliphatic carbocycles. The summed E-state index contributed by atoms with van der Waals surface area (Å²) in [5.41, 5.74) is 7.34. The molecule has 0 aliphatic heterocycles. The van der Waals surface area contributed by atoms with Gasteiger partial charge in [0.1, 0.15) is 5.82 Å².